The van der Waals surface area contributed by atoms with E-state index in [1.54, 1.807) is 11.3 Å². The van der Waals surface area contributed by atoms with Crippen LogP contribution < -0.4 is 5.43 Å². The molecule has 0 aliphatic heterocycles. The van der Waals surface area contributed by atoms with E-state index in [1.807, 2.05) is 97.1 Å². The van der Waals surface area contributed by atoms with E-state index in [2.05, 4.69) is 24.3 Å². The average molecular weight is 417 g/mol. The van der Waals surface area contributed by atoms with Gasteiger partial charge >= 0.3 is 0 Å². The zero-order valence-corrected chi connectivity index (χ0v) is 17.7. The van der Waals surface area contributed by atoms with E-state index >= 15 is 0 Å². The standard InChI is InChI=1S/C29H20OS/c30-27-25(21-13-5-1-6-14-21)28(23-17-9-3-10-18-23)31-29(24-19-11-4-12-20-24)26(27)22-15-7-2-8-16-22/h1-20H. The van der Waals surface area contributed by atoms with E-state index in [1.165, 1.54) is 0 Å². The summed E-state index contributed by atoms with van der Waals surface area (Å²) < 4.78 is 0. The van der Waals surface area contributed by atoms with Crippen LogP contribution in [0.3, 0.4) is 0 Å². The lowest BCUT2D eigenvalue weighted by Gasteiger charge is -2.16. The molecule has 148 valence electrons. The Morgan fingerprint density at radius 2 is 0.677 bits per heavy atom. The van der Waals surface area contributed by atoms with Crippen LogP contribution in [0.5, 0.6) is 0 Å². The van der Waals surface area contributed by atoms with Gasteiger partial charge in [0.2, 0.25) is 0 Å². The molecule has 0 N–H and O–H groups in total. The quantitative estimate of drug-likeness (QED) is 0.292. The normalized spacial score (nSPS) is 10.7. The van der Waals surface area contributed by atoms with Gasteiger partial charge in [0, 0.05) is 20.9 Å². The molecule has 0 aliphatic carbocycles. The summed E-state index contributed by atoms with van der Waals surface area (Å²) >= 11 is 1.69. The molecular weight excluding hydrogens is 396 g/mol. The first-order valence-electron chi connectivity index (χ1n) is 10.3. The maximum absolute atomic E-state index is 14.2. The number of rotatable bonds is 4. The van der Waals surface area contributed by atoms with Gasteiger partial charge in [-0.25, -0.2) is 0 Å². The van der Waals surface area contributed by atoms with Gasteiger partial charge in [-0.05, 0) is 22.3 Å². The molecule has 0 radical (unpaired) electrons. The lowest BCUT2D eigenvalue weighted by molar-refractivity contribution is 1.54. The van der Waals surface area contributed by atoms with Crippen molar-refractivity contribution >= 4 is 11.3 Å². The molecule has 2 heteroatoms. The third kappa shape index (κ3) is 3.74. The molecule has 0 fully saturated rings. The van der Waals surface area contributed by atoms with Gasteiger partial charge in [0.25, 0.3) is 0 Å². The van der Waals surface area contributed by atoms with Crippen molar-refractivity contribution in [1.82, 2.24) is 0 Å². The van der Waals surface area contributed by atoms with Crippen molar-refractivity contribution in [3.05, 3.63) is 132 Å². The Bertz CT molecular complexity index is 1250. The molecule has 0 saturated carbocycles. The first kappa shape index (κ1) is 19.2. The second-order valence-corrected chi connectivity index (χ2v) is 8.32. The van der Waals surface area contributed by atoms with E-state index in [-0.39, 0.29) is 5.43 Å². The van der Waals surface area contributed by atoms with E-state index in [0.29, 0.717) is 0 Å². The van der Waals surface area contributed by atoms with Crippen LogP contribution in [0.15, 0.2) is 126 Å². The van der Waals surface area contributed by atoms with Crippen molar-refractivity contribution in [2.45, 2.75) is 0 Å². The molecule has 0 unspecified atom stereocenters. The monoisotopic (exact) mass is 416 g/mol. The Morgan fingerprint density at radius 3 is 1.00 bits per heavy atom. The fourth-order valence-corrected chi connectivity index (χ4v) is 5.19. The van der Waals surface area contributed by atoms with Crippen LogP contribution in [0, 0.1) is 0 Å². The van der Waals surface area contributed by atoms with Crippen molar-refractivity contribution < 1.29 is 0 Å². The van der Waals surface area contributed by atoms with Crippen molar-refractivity contribution in [3.63, 3.8) is 0 Å². The SMILES string of the molecule is O=c1c(-c2ccccc2)c(-c2ccccc2)sc(-c2ccccc2)c1-c1ccccc1. The van der Waals surface area contributed by atoms with Gasteiger partial charge in [0.1, 0.15) is 0 Å². The highest BCUT2D eigenvalue weighted by Gasteiger charge is 2.21. The van der Waals surface area contributed by atoms with Gasteiger partial charge < -0.3 is 0 Å². The summed E-state index contributed by atoms with van der Waals surface area (Å²) in [6.07, 6.45) is 0. The molecule has 5 rings (SSSR count). The molecule has 0 bridgehead atoms. The summed E-state index contributed by atoms with van der Waals surface area (Å²) in [7, 11) is 0. The molecule has 0 saturated heterocycles. The highest BCUT2D eigenvalue weighted by Crippen LogP contribution is 2.42. The molecular formula is C29H20OS. The molecule has 1 aromatic heterocycles. The highest BCUT2D eigenvalue weighted by molar-refractivity contribution is 7.19. The summed E-state index contributed by atoms with van der Waals surface area (Å²) in [6, 6.07) is 40.4. The highest BCUT2D eigenvalue weighted by atomic mass is 32.1. The molecule has 0 aliphatic rings. The van der Waals surface area contributed by atoms with Crippen molar-refractivity contribution in [3.8, 4) is 43.1 Å². The van der Waals surface area contributed by atoms with E-state index in [0.717, 1.165) is 43.1 Å². The van der Waals surface area contributed by atoms with Gasteiger partial charge in [0.15, 0.2) is 5.43 Å². The number of hydrogen-bond acceptors (Lipinski definition) is 2. The van der Waals surface area contributed by atoms with Gasteiger partial charge in [-0.2, -0.15) is 0 Å². The molecule has 0 amide bonds. The first-order chi connectivity index (χ1) is 15.3. The van der Waals surface area contributed by atoms with E-state index in [4.69, 9.17) is 0 Å². The molecule has 0 spiro atoms. The molecule has 31 heavy (non-hydrogen) atoms. The van der Waals surface area contributed by atoms with Gasteiger partial charge in [-0.15, -0.1) is 11.3 Å². The van der Waals surface area contributed by atoms with Crippen LogP contribution >= 0.6 is 11.3 Å². The van der Waals surface area contributed by atoms with Crippen LogP contribution in [0.25, 0.3) is 43.1 Å². The van der Waals surface area contributed by atoms with Crippen LogP contribution in [0.1, 0.15) is 0 Å². The lowest BCUT2D eigenvalue weighted by atomic mass is 9.95. The topological polar surface area (TPSA) is 17.1 Å². The zero-order valence-electron chi connectivity index (χ0n) is 16.9. The largest absolute Gasteiger partial charge is 0.288 e. The summed E-state index contributed by atoms with van der Waals surface area (Å²) in [5.74, 6) is 0. The second-order valence-electron chi connectivity index (χ2n) is 7.30. The average Bonchev–Trinajstić information content (AvgIpc) is 2.85. The maximum atomic E-state index is 14.2. The Labute approximate surface area is 185 Å². The molecule has 1 nitrogen and oxygen atoms in total. The van der Waals surface area contributed by atoms with Crippen molar-refractivity contribution in [2.75, 3.05) is 0 Å². The van der Waals surface area contributed by atoms with Crippen molar-refractivity contribution in [1.29, 1.82) is 0 Å². The Balaban J connectivity index is 1.92. The fourth-order valence-electron chi connectivity index (χ4n) is 3.85. The van der Waals surface area contributed by atoms with Gasteiger partial charge in [-0.1, -0.05) is 121 Å². The molecule has 1 heterocycles. The molecule has 4 aromatic carbocycles. The van der Waals surface area contributed by atoms with Crippen LogP contribution in [0.4, 0.5) is 0 Å². The number of benzene rings is 4. The van der Waals surface area contributed by atoms with Crippen LogP contribution in [-0.2, 0) is 0 Å². The predicted octanol–water partition coefficient (Wildman–Crippen LogP) is 7.78. The summed E-state index contributed by atoms with van der Waals surface area (Å²) in [5, 5.41) is 0. The summed E-state index contributed by atoms with van der Waals surface area (Å²) in [6.45, 7) is 0. The maximum Gasteiger partial charge on any atom is 0.197 e. The van der Waals surface area contributed by atoms with Gasteiger partial charge in [0.05, 0.1) is 0 Å². The first-order valence-corrected chi connectivity index (χ1v) is 11.1. The Hall–Kier alpha value is -3.75. The third-order valence-electron chi connectivity index (χ3n) is 5.31. The van der Waals surface area contributed by atoms with Crippen LogP contribution in [-0.4, -0.2) is 0 Å². The second kappa shape index (κ2) is 8.55. The predicted molar refractivity (Wildman–Crippen MR) is 132 cm³/mol. The Morgan fingerprint density at radius 1 is 0.387 bits per heavy atom. The minimum absolute atomic E-state index is 0.0638. The third-order valence-corrected chi connectivity index (χ3v) is 6.60. The minimum atomic E-state index is 0.0638. The smallest absolute Gasteiger partial charge is 0.197 e. The van der Waals surface area contributed by atoms with E-state index in [9.17, 15) is 4.79 Å². The molecule has 0 atom stereocenters. The van der Waals surface area contributed by atoms with Crippen molar-refractivity contribution in [2.24, 2.45) is 0 Å². The lowest BCUT2D eigenvalue weighted by Crippen LogP contribution is -2.10. The Kier molecular flexibility index (Phi) is 5.30. The fraction of sp³-hybridized carbons (Fsp3) is 0. The number of hydrogen-bond donors (Lipinski definition) is 0. The van der Waals surface area contributed by atoms with E-state index < -0.39 is 0 Å². The summed E-state index contributed by atoms with van der Waals surface area (Å²) in [5.41, 5.74) is 5.58. The van der Waals surface area contributed by atoms with Crippen LogP contribution in [0.2, 0.25) is 0 Å². The van der Waals surface area contributed by atoms with Gasteiger partial charge in [-0.3, -0.25) is 4.79 Å². The molecule has 5 aromatic rings. The summed E-state index contributed by atoms with van der Waals surface area (Å²) in [4.78, 5) is 16.2. The minimum Gasteiger partial charge on any atom is -0.288 e. The zero-order chi connectivity index (χ0) is 21.0.